The van der Waals surface area contributed by atoms with E-state index in [0.29, 0.717) is 33.8 Å². The number of rotatable bonds is 9. The zero-order valence-electron chi connectivity index (χ0n) is 17.8. The van der Waals surface area contributed by atoms with Crippen LogP contribution in [0.2, 0.25) is 5.02 Å². The normalized spacial score (nSPS) is 11.6. The molecular formula is C23H24ClN5O2S. The first kappa shape index (κ1) is 23.6. The zero-order chi connectivity index (χ0) is 23.1. The van der Waals surface area contributed by atoms with Crippen molar-refractivity contribution in [3.8, 4) is 0 Å². The number of halogens is 1. The summed E-state index contributed by atoms with van der Waals surface area (Å²) in [5.74, 6) is 0.363. The molecule has 2 amide bonds. The quantitative estimate of drug-likeness (QED) is 0.352. The lowest BCUT2D eigenvalue weighted by Gasteiger charge is -2.16. The lowest BCUT2D eigenvalue weighted by molar-refractivity contribution is -0.113. The van der Waals surface area contributed by atoms with E-state index in [1.807, 2.05) is 36.6 Å². The third-order valence-electron chi connectivity index (χ3n) is 4.62. The van der Waals surface area contributed by atoms with Gasteiger partial charge in [0, 0.05) is 22.8 Å². The van der Waals surface area contributed by atoms with Crippen molar-refractivity contribution >= 4 is 40.9 Å². The molecule has 0 spiro atoms. The second-order valence-corrected chi connectivity index (χ2v) is 8.48. The molecule has 0 unspecified atom stereocenters. The molecule has 1 atom stereocenters. The maximum Gasteiger partial charge on any atom is 0.252 e. The Morgan fingerprint density at radius 1 is 1.22 bits per heavy atom. The Kier molecular flexibility index (Phi) is 8.08. The van der Waals surface area contributed by atoms with Crippen LogP contribution >= 0.6 is 23.4 Å². The number of amides is 2. The van der Waals surface area contributed by atoms with E-state index in [9.17, 15) is 9.59 Å². The molecular weight excluding hydrogens is 446 g/mol. The van der Waals surface area contributed by atoms with Crippen LogP contribution in [0.25, 0.3) is 0 Å². The Hall–Kier alpha value is -3.10. The van der Waals surface area contributed by atoms with Gasteiger partial charge in [0.1, 0.15) is 0 Å². The topological polar surface area (TPSA) is 88.9 Å². The molecule has 0 aliphatic carbocycles. The molecule has 2 N–H and O–H groups in total. The van der Waals surface area contributed by atoms with Gasteiger partial charge < -0.3 is 15.2 Å². The van der Waals surface area contributed by atoms with Gasteiger partial charge in [-0.25, -0.2) is 0 Å². The molecule has 0 saturated heterocycles. The van der Waals surface area contributed by atoms with Gasteiger partial charge in [0.15, 0.2) is 11.0 Å². The second kappa shape index (κ2) is 11.0. The summed E-state index contributed by atoms with van der Waals surface area (Å²) in [5, 5.41) is 15.4. The minimum Gasteiger partial charge on any atom is -0.342 e. The fourth-order valence-corrected chi connectivity index (χ4v) is 4.03. The van der Waals surface area contributed by atoms with E-state index in [0.717, 1.165) is 5.56 Å². The zero-order valence-corrected chi connectivity index (χ0v) is 19.4. The summed E-state index contributed by atoms with van der Waals surface area (Å²) in [6.07, 6.45) is 1.72. The van der Waals surface area contributed by atoms with E-state index in [2.05, 4.69) is 27.4 Å². The first-order valence-electron chi connectivity index (χ1n) is 9.97. The number of hydrogen-bond donors (Lipinski definition) is 2. The van der Waals surface area contributed by atoms with Gasteiger partial charge in [0.25, 0.3) is 5.91 Å². The average Bonchev–Trinajstić information content (AvgIpc) is 3.15. The van der Waals surface area contributed by atoms with Gasteiger partial charge in [-0.05, 0) is 43.7 Å². The highest BCUT2D eigenvalue weighted by molar-refractivity contribution is 7.99. The van der Waals surface area contributed by atoms with Crippen LogP contribution in [0.3, 0.4) is 0 Å². The van der Waals surface area contributed by atoms with Crippen LogP contribution in [0.5, 0.6) is 0 Å². The molecule has 0 radical (unpaired) electrons. The van der Waals surface area contributed by atoms with Crippen LogP contribution in [-0.2, 0) is 11.3 Å². The molecule has 3 rings (SSSR count). The highest BCUT2D eigenvalue weighted by Gasteiger charge is 2.21. The SMILES string of the molecule is C=CCn1c(SCC(=O)Nc2cccc(Cl)c2)nnc1[C@@H](C)NC(=O)c1ccccc1C. The molecule has 166 valence electrons. The Labute approximate surface area is 196 Å². The van der Waals surface area contributed by atoms with Gasteiger partial charge in [-0.15, -0.1) is 16.8 Å². The van der Waals surface area contributed by atoms with E-state index < -0.39 is 0 Å². The van der Waals surface area contributed by atoms with Gasteiger partial charge >= 0.3 is 0 Å². The van der Waals surface area contributed by atoms with Crippen molar-refractivity contribution in [3.05, 3.63) is 83.2 Å². The van der Waals surface area contributed by atoms with Crippen molar-refractivity contribution in [1.29, 1.82) is 0 Å². The highest BCUT2D eigenvalue weighted by Crippen LogP contribution is 2.22. The van der Waals surface area contributed by atoms with Gasteiger partial charge in [0.05, 0.1) is 11.8 Å². The summed E-state index contributed by atoms with van der Waals surface area (Å²) < 4.78 is 1.84. The smallest absolute Gasteiger partial charge is 0.252 e. The number of carbonyl (C=O) groups excluding carboxylic acids is 2. The number of anilines is 1. The molecule has 0 aliphatic heterocycles. The monoisotopic (exact) mass is 469 g/mol. The number of hydrogen-bond acceptors (Lipinski definition) is 5. The fraction of sp³-hybridized carbons (Fsp3) is 0.217. The van der Waals surface area contributed by atoms with E-state index in [-0.39, 0.29) is 23.6 Å². The van der Waals surface area contributed by atoms with E-state index in [1.165, 1.54) is 11.8 Å². The predicted molar refractivity (Wildman–Crippen MR) is 128 cm³/mol. The Morgan fingerprint density at radius 3 is 2.72 bits per heavy atom. The lowest BCUT2D eigenvalue weighted by Crippen LogP contribution is -2.29. The fourth-order valence-electron chi connectivity index (χ4n) is 3.09. The molecule has 1 heterocycles. The van der Waals surface area contributed by atoms with E-state index in [1.54, 1.807) is 36.4 Å². The minimum atomic E-state index is -0.385. The minimum absolute atomic E-state index is 0.145. The molecule has 1 aromatic heterocycles. The third kappa shape index (κ3) is 5.99. The number of allylic oxidation sites excluding steroid dienone is 1. The first-order valence-corrected chi connectivity index (χ1v) is 11.3. The summed E-state index contributed by atoms with van der Waals surface area (Å²) in [6, 6.07) is 14.0. The summed E-state index contributed by atoms with van der Waals surface area (Å²) in [6.45, 7) is 7.98. The molecule has 7 nitrogen and oxygen atoms in total. The molecule has 2 aromatic carbocycles. The van der Waals surface area contributed by atoms with Crippen molar-refractivity contribution in [2.45, 2.75) is 31.6 Å². The largest absolute Gasteiger partial charge is 0.342 e. The lowest BCUT2D eigenvalue weighted by atomic mass is 10.1. The third-order valence-corrected chi connectivity index (χ3v) is 5.82. The number of aromatic nitrogens is 3. The van der Waals surface area contributed by atoms with Crippen LogP contribution in [0, 0.1) is 6.92 Å². The standard InChI is InChI=1S/C23H24ClN5O2S/c1-4-12-29-21(16(3)25-22(31)19-11-6-5-8-15(19)2)27-28-23(29)32-14-20(30)26-18-10-7-9-17(24)13-18/h4-11,13,16H,1,12,14H2,2-3H3,(H,25,31)(H,26,30)/t16-/m1/s1. The molecule has 0 fully saturated rings. The highest BCUT2D eigenvalue weighted by atomic mass is 35.5. The Morgan fingerprint density at radius 2 is 2.00 bits per heavy atom. The van der Waals surface area contributed by atoms with Crippen LogP contribution in [0.4, 0.5) is 5.69 Å². The van der Waals surface area contributed by atoms with Crippen molar-refractivity contribution in [1.82, 2.24) is 20.1 Å². The molecule has 0 bridgehead atoms. The van der Waals surface area contributed by atoms with E-state index in [4.69, 9.17) is 11.6 Å². The number of benzene rings is 2. The van der Waals surface area contributed by atoms with Gasteiger partial charge in [-0.3, -0.25) is 9.59 Å². The number of nitrogens with zero attached hydrogens (tertiary/aromatic N) is 3. The number of thioether (sulfide) groups is 1. The molecule has 32 heavy (non-hydrogen) atoms. The average molecular weight is 470 g/mol. The maximum absolute atomic E-state index is 12.7. The number of carbonyl (C=O) groups is 2. The Balaban J connectivity index is 1.67. The van der Waals surface area contributed by atoms with Crippen LogP contribution in [-0.4, -0.2) is 32.3 Å². The molecule has 0 aliphatic rings. The van der Waals surface area contributed by atoms with Crippen molar-refractivity contribution in [2.75, 3.05) is 11.1 Å². The predicted octanol–water partition coefficient (Wildman–Crippen LogP) is 4.65. The number of nitrogens with one attached hydrogen (secondary N) is 2. The molecule has 9 heteroatoms. The molecule has 3 aromatic rings. The first-order chi connectivity index (χ1) is 15.4. The Bertz CT molecular complexity index is 1130. The van der Waals surface area contributed by atoms with Crippen molar-refractivity contribution in [2.24, 2.45) is 0 Å². The van der Waals surface area contributed by atoms with Gasteiger partial charge in [-0.1, -0.05) is 53.7 Å². The van der Waals surface area contributed by atoms with E-state index >= 15 is 0 Å². The summed E-state index contributed by atoms with van der Waals surface area (Å²) in [4.78, 5) is 25.0. The summed E-state index contributed by atoms with van der Waals surface area (Å²) >= 11 is 7.21. The van der Waals surface area contributed by atoms with Crippen LogP contribution in [0.15, 0.2) is 66.3 Å². The summed E-state index contributed by atoms with van der Waals surface area (Å²) in [5.41, 5.74) is 2.14. The summed E-state index contributed by atoms with van der Waals surface area (Å²) in [7, 11) is 0. The molecule has 0 saturated carbocycles. The van der Waals surface area contributed by atoms with Crippen molar-refractivity contribution in [3.63, 3.8) is 0 Å². The van der Waals surface area contributed by atoms with Crippen LogP contribution < -0.4 is 10.6 Å². The van der Waals surface area contributed by atoms with Gasteiger partial charge in [0.2, 0.25) is 5.91 Å². The maximum atomic E-state index is 12.7. The van der Waals surface area contributed by atoms with Crippen LogP contribution in [0.1, 0.15) is 34.7 Å². The van der Waals surface area contributed by atoms with Crippen molar-refractivity contribution < 1.29 is 9.59 Å². The second-order valence-electron chi connectivity index (χ2n) is 7.10. The number of aryl methyl sites for hydroxylation is 1. The van der Waals surface area contributed by atoms with Gasteiger partial charge in [-0.2, -0.15) is 0 Å².